The van der Waals surface area contributed by atoms with E-state index in [4.69, 9.17) is 11.6 Å². The van der Waals surface area contributed by atoms with Gasteiger partial charge in [0.2, 0.25) is 0 Å². The van der Waals surface area contributed by atoms with Crippen LogP contribution in [0.1, 0.15) is 29.8 Å². The molecular formula is C17H18ClN3O. The van der Waals surface area contributed by atoms with Crippen LogP contribution in [0.15, 0.2) is 42.6 Å². The number of rotatable bonds is 3. The number of hydrogen-bond donors (Lipinski definition) is 1. The topological polar surface area (TPSA) is 45.2 Å². The predicted molar refractivity (Wildman–Crippen MR) is 88.7 cm³/mol. The van der Waals surface area contributed by atoms with Crippen molar-refractivity contribution in [1.82, 2.24) is 9.88 Å². The van der Waals surface area contributed by atoms with E-state index in [0.29, 0.717) is 10.7 Å². The molecule has 0 aliphatic carbocycles. The van der Waals surface area contributed by atoms with Gasteiger partial charge in [0.25, 0.3) is 5.91 Å². The Morgan fingerprint density at radius 2 is 1.77 bits per heavy atom. The minimum Gasteiger partial charge on any atom is -0.355 e. The van der Waals surface area contributed by atoms with Crippen LogP contribution in [0.3, 0.4) is 0 Å². The summed E-state index contributed by atoms with van der Waals surface area (Å²) in [6.07, 6.45) is 5.02. The molecule has 2 aromatic rings. The highest BCUT2D eigenvalue weighted by atomic mass is 35.5. The molecule has 0 atom stereocenters. The molecule has 5 heteroatoms. The van der Waals surface area contributed by atoms with Gasteiger partial charge in [-0.3, -0.25) is 9.78 Å². The van der Waals surface area contributed by atoms with Crippen LogP contribution < -0.4 is 5.32 Å². The van der Waals surface area contributed by atoms with E-state index in [-0.39, 0.29) is 5.91 Å². The van der Waals surface area contributed by atoms with Crippen LogP contribution in [0.4, 0.5) is 11.4 Å². The third-order valence-corrected chi connectivity index (χ3v) is 4.01. The Kier molecular flexibility index (Phi) is 4.59. The fourth-order valence-electron chi connectivity index (χ4n) is 2.58. The molecule has 114 valence electrons. The van der Waals surface area contributed by atoms with E-state index in [1.807, 2.05) is 35.2 Å². The normalized spacial score (nSPS) is 14.7. The minimum atomic E-state index is 0.0134. The number of nitrogens with zero attached hydrogens (tertiary/aromatic N) is 2. The van der Waals surface area contributed by atoms with E-state index < -0.39 is 0 Å². The first-order chi connectivity index (χ1) is 10.7. The molecule has 1 fully saturated rings. The van der Waals surface area contributed by atoms with Crippen LogP contribution >= 0.6 is 11.6 Å². The Hall–Kier alpha value is -2.07. The van der Waals surface area contributed by atoms with Crippen molar-refractivity contribution in [3.63, 3.8) is 0 Å². The second-order valence-corrected chi connectivity index (χ2v) is 5.85. The fraction of sp³-hybridized carbons (Fsp3) is 0.294. The SMILES string of the molecule is O=C(c1cc(Nc2ccc(Cl)cc2)ccn1)N1CCCCC1. The van der Waals surface area contributed by atoms with E-state index >= 15 is 0 Å². The van der Waals surface area contributed by atoms with Gasteiger partial charge in [0.15, 0.2) is 0 Å². The Morgan fingerprint density at radius 3 is 2.50 bits per heavy atom. The lowest BCUT2D eigenvalue weighted by molar-refractivity contribution is 0.0718. The van der Waals surface area contributed by atoms with Gasteiger partial charge in [0.1, 0.15) is 5.69 Å². The van der Waals surface area contributed by atoms with Gasteiger partial charge >= 0.3 is 0 Å². The van der Waals surface area contributed by atoms with Crippen LogP contribution in [0.2, 0.25) is 5.02 Å². The van der Waals surface area contributed by atoms with Crippen molar-refractivity contribution in [3.8, 4) is 0 Å². The summed E-state index contributed by atoms with van der Waals surface area (Å²) in [5, 5.41) is 3.96. The molecule has 1 amide bonds. The lowest BCUT2D eigenvalue weighted by atomic mass is 10.1. The maximum atomic E-state index is 12.5. The molecule has 1 aliphatic rings. The summed E-state index contributed by atoms with van der Waals surface area (Å²) in [5.41, 5.74) is 2.26. The largest absolute Gasteiger partial charge is 0.355 e. The summed E-state index contributed by atoms with van der Waals surface area (Å²) in [5.74, 6) is 0.0134. The molecular weight excluding hydrogens is 298 g/mol. The Balaban J connectivity index is 1.74. The number of halogens is 1. The summed E-state index contributed by atoms with van der Waals surface area (Å²) >= 11 is 5.88. The predicted octanol–water partition coefficient (Wildman–Crippen LogP) is 4.10. The lowest BCUT2D eigenvalue weighted by Crippen LogP contribution is -2.36. The summed E-state index contributed by atoms with van der Waals surface area (Å²) < 4.78 is 0. The molecule has 1 saturated heterocycles. The number of benzene rings is 1. The van der Waals surface area contributed by atoms with Gasteiger partial charge < -0.3 is 10.2 Å². The third-order valence-electron chi connectivity index (χ3n) is 3.76. The number of anilines is 2. The molecule has 1 aromatic heterocycles. The Morgan fingerprint density at radius 1 is 1.05 bits per heavy atom. The summed E-state index contributed by atoms with van der Waals surface area (Å²) in [6, 6.07) is 11.1. The van der Waals surface area contributed by atoms with Crippen LogP contribution in [0.5, 0.6) is 0 Å². The third kappa shape index (κ3) is 3.57. The van der Waals surface area contributed by atoms with Crippen LogP contribution in [0, 0.1) is 0 Å². The summed E-state index contributed by atoms with van der Waals surface area (Å²) in [7, 11) is 0. The molecule has 0 saturated carbocycles. The first-order valence-electron chi connectivity index (χ1n) is 7.50. The van der Waals surface area contributed by atoms with Gasteiger partial charge in [0, 0.05) is 35.7 Å². The number of hydrogen-bond acceptors (Lipinski definition) is 3. The zero-order chi connectivity index (χ0) is 15.4. The number of amides is 1. The molecule has 0 bridgehead atoms. The Bertz CT molecular complexity index is 651. The zero-order valence-electron chi connectivity index (χ0n) is 12.3. The van der Waals surface area contributed by atoms with Gasteiger partial charge in [-0.15, -0.1) is 0 Å². The first-order valence-corrected chi connectivity index (χ1v) is 7.88. The molecule has 4 nitrogen and oxygen atoms in total. The highest BCUT2D eigenvalue weighted by molar-refractivity contribution is 6.30. The van der Waals surface area contributed by atoms with E-state index in [9.17, 15) is 4.79 Å². The van der Waals surface area contributed by atoms with E-state index in [2.05, 4.69) is 10.3 Å². The van der Waals surface area contributed by atoms with Gasteiger partial charge in [-0.2, -0.15) is 0 Å². The van der Waals surface area contributed by atoms with Crippen molar-refractivity contribution < 1.29 is 4.79 Å². The lowest BCUT2D eigenvalue weighted by Gasteiger charge is -2.26. The maximum Gasteiger partial charge on any atom is 0.272 e. The van der Waals surface area contributed by atoms with Crippen LogP contribution in [0.25, 0.3) is 0 Å². The molecule has 0 radical (unpaired) electrons. The summed E-state index contributed by atoms with van der Waals surface area (Å²) in [4.78, 5) is 18.6. The molecule has 3 rings (SSSR count). The average Bonchev–Trinajstić information content (AvgIpc) is 2.57. The quantitative estimate of drug-likeness (QED) is 0.927. The minimum absolute atomic E-state index is 0.0134. The van der Waals surface area contributed by atoms with Crippen molar-refractivity contribution in [2.75, 3.05) is 18.4 Å². The molecule has 2 heterocycles. The van der Waals surface area contributed by atoms with Crippen LogP contribution in [-0.4, -0.2) is 28.9 Å². The molecule has 0 spiro atoms. The number of piperidine rings is 1. The van der Waals surface area contributed by atoms with E-state index in [1.165, 1.54) is 6.42 Å². The second kappa shape index (κ2) is 6.79. The van der Waals surface area contributed by atoms with Crippen molar-refractivity contribution in [3.05, 3.63) is 53.3 Å². The molecule has 1 N–H and O–H groups in total. The first kappa shape index (κ1) is 14.9. The van der Waals surface area contributed by atoms with Gasteiger partial charge in [-0.05, 0) is 55.7 Å². The van der Waals surface area contributed by atoms with Gasteiger partial charge in [0.05, 0.1) is 0 Å². The molecule has 22 heavy (non-hydrogen) atoms. The number of carbonyl (C=O) groups is 1. The second-order valence-electron chi connectivity index (χ2n) is 5.41. The molecule has 0 unspecified atom stereocenters. The number of pyridine rings is 1. The van der Waals surface area contributed by atoms with E-state index in [0.717, 1.165) is 37.3 Å². The smallest absolute Gasteiger partial charge is 0.272 e. The molecule has 1 aliphatic heterocycles. The monoisotopic (exact) mass is 315 g/mol. The van der Waals surface area contributed by atoms with Gasteiger partial charge in [-0.1, -0.05) is 11.6 Å². The number of likely N-dealkylation sites (tertiary alicyclic amines) is 1. The Labute approximate surface area is 135 Å². The van der Waals surface area contributed by atoms with E-state index in [1.54, 1.807) is 12.3 Å². The number of carbonyl (C=O) groups excluding carboxylic acids is 1. The number of nitrogens with one attached hydrogen (secondary N) is 1. The number of aromatic nitrogens is 1. The highest BCUT2D eigenvalue weighted by Gasteiger charge is 2.19. The average molecular weight is 316 g/mol. The van der Waals surface area contributed by atoms with Crippen molar-refractivity contribution >= 4 is 28.9 Å². The highest BCUT2D eigenvalue weighted by Crippen LogP contribution is 2.20. The van der Waals surface area contributed by atoms with Crippen molar-refractivity contribution in [1.29, 1.82) is 0 Å². The van der Waals surface area contributed by atoms with Crippen LogP contribution in [-0.2, 0) is 0 Å². The van der Waals surface area contributed by atoms with Gasteiger partial charge in [-0.25, -0.2) is 0 Å². The zero-order valence-corrected chi connectivity index (χ0v) is 13.0. The fourth-order valence-corrected chi connectivity index (χ4v) is 2.71. The summed E-state index contributed by atoms with van der Waals surface area (Å²) in [6.45, 7) is 1.66. The van der Waals surface area contributed by atoms with Crippen molar-refractivity contribution in [2.45, 2.75) is 19.3 Å². The standard InChI is InChI=1S/C17H18ClN3O/c18-13-4-6-14(7-5-13)20-15-8-9-19-16(12-15)17(22)21-10-2-1-3-11-21/h4-9,12H,1-3,10-11H2,(H,19,20). The maximum absolute atomic E-state index is 12.5. The van der Waals surface area contributed by atoms with Crippen molar-refractivity contribution in [2.24, 2.45) is 0 Å². The molecule has 1 aromatic carbocycles.